The Morgan fingerprint density at radius 3 is 2.53 bits per heavy atom. The molecular weight excluding hydrogens is 295 g/mol. The molecule has 0 spiro atoms. The zero-order valence-corrected chi connectivity index (χ0v) is 11.3. The van der Waals surface area contributed by atoms with Crippen molar-refractivity contribution in [2.75, 3.05) is 11.9 Å². The molecule has 0 aromatic heterocycles. The van der Waals surface area contributed by atoms with Gasteiger partial charge in [-0.05, 0) is 40.0 Å². The molecule has 1 N–H and O–H groups in total. The molecule has 5 heteroatoms. The number of nitrogens with one attached hydrogen (secondary N) is 1. The van der Waals surface area contributed by atoms with Crippen molar-refractivity contribution >= 4 is 21.6 Å². The van der Waals surface area contributed by atoms with E-state index in [4.69, 9.17) is 0 Å². The minimum absolute atomic E-state index is 0.427. The largest absolute Gasteiger partial charge is 0.416 e. The summed E-state index contributed by atoms with van der Waals surface area (Å²) in [6.07, 6.45) is -3.31. The van der Waals surface area contributed by atoms with Crippen LogP contribution in [0, 0.1) is 5.92 Å². The van der Waals surface area contributed by atoms with E-state index in [1.54, 1.807) is 0 Å². The number of hydrogen-bond donors (Lipinski definition) is 1. The zero-order chi connectivity index (χ0) is 13.1. The van der Waals surface area contributed by atoms with Crippen LogP contribution in [0.3, 0.4) is 0 Å². The SMILES string of the molecule is CCC(C)CNc1cc(C(F)(F)F)ccc1Br. The van der Waals surface area contributed by atoms with Crippen LogP contribution in [-0.4, -0.2) is 6.54 Å². The monoisotopic (exact) mass is 309 g/mol. The van der Waals surface area contributed by atoms with Gasteiger partial charge in [0.05, 0.1) is 5.56 Å². The highest BCUT2D eigenvalue weighted by molar-refractivity contribution is 9.10. The van der Waals surface area contributed by atoms with E-state index in [-0.39, 0.29) is 0 Å². The Bertz CT molecular complexity index is 377. The van der Waals surface area contributed by atoms with Crippen molar-refractivity contribution in [2.45, 2.75) is 26.4 Å². The van der Waals surface area contributed by atoms with Crippen molar-refractivity contribution in [3.63, 3.8) is 0 Å². The van der Waals surface area contributed by atoms with E-state index in [1.807, 2.05) is 6.92 Å². The Balaban J connectivity index is 2.84. The van der Waals surface area contributed by atoms with Crippen molar-refractivity contribution in [1.82, 2.24) is 0 Å². The van der Waals surface area contributed by atoms with Crippen LogP contribution in [0.2, 0.25) is 0 Å². The maximum atomic E-state index is 12.5. The van der Waals surface area contributed by atoms with Crippen molar-refractivity contribution in [2.24, 2.45) is 5.92 Å². The summed E-state index contributed by atoms with van der Waals surface area (Å²) in [6.45, 7) is 4.76. The third kappa shape index (κ3) is 4.22. The van der Waals surface area contributed by atoms with Gasteiger partial charge in [-0.15, -0.1) is 0 Å². The molecule has 96 valence electrons. The summed E-state index contributed by atoms with van der Waals surface area (Å²) in [6, 6.07) is 3.62. The first-order valence-electron chi connectivity index (χ1n) is 5.45. The molecular formula is C12H15BrF3N. The number of hydrogen-bond acceptors (Lipinski definition) is 1. The molecule has 0 saturated heterocycles. The standard InChI is InChI=1S/C12H15BrF3N/c1-3-8(2)7-17-11-6-9(12(14,15)16)4-5-10(11)13/h4-6,8,17H,3,7H2,1-2H3. The van der Waals surface area contributed by atoms with Crippen LogP contribution in [-0.2, 0) is 6.18 Å². The van der Waals surface area contributed by atoms with Gasteiger partial charge >= 0.3 is 6.18 Å². The number of halogens is 4. The first kappa shape index (κ1) is 14.4. The van der Waals surface area contributed by atoms with Crippen LogP contribution >= 0.6 is 15.9 Å². The van der Waals surface area contributed by atoms with Crippen LogP contribution < -0.4 is 5.32 Å². The Morgan fingerprint density at radius 1 is 1.35 bits per heavy atom. The minimum Gasteiger partial charge on any atom is -0.384 e. The quantitative estimate of drug-likeness (QED) is 0.832. The fraction of sp³-hybridized carbons (Fsp3) is 0.500. The van der Waals surface area contributed by atoms with Crippen LogP contribution in [0.15, 0.2) is 22.7 Å². The summed E-state index contributed by atoms with van der Waals surface area (Å²) < 4.78 is 38.2. The van der Waals surface area contributed by atoms with E-state index in [9.17, 15) is 13.2 Å². The highest BCUT2D eigenvalue weighted by Gasteiger charge is 2.30. The molecule has 1 unspecified atom stereocenters. The number of alkyl halides is 3. The molecule has 1 rings (SSSR count). The van der Waals surface area contributed by atoms with E-state index >= 15 is 0 Å². The number of rotatable bonds is 4. The van der Waals surface area contributed by atoms with Crippen LogP contribution in [0.25, 0.3) is 0 Å². The molecule has 0 radical (unpaired) electrons. The molecule has 0 saturated carbocycles. The highest BCUT2D eigenvalue weighted by atomic mass is 79.9. The highest BCUT2D eigenvalue weighted by Crippen LogP contribution is 2.33. The van der Waals surface area contributed by atoms with Crippen LogP contribution in [0.1, 0.15) is 25.8 Å². The van der Waals surface area contributed by atoms with Gasteiger partial charge in [0, 0.05) is 16.7 Å². The van der Waals surface area contributed by atoms with Crippen molar-refractivity contribution in [3.05, 3.63) is 28.2 Å². The predicted octanol–water partition coefficient (Wildman–Crippen LogP) is 4.93. The molecule has 0 aliphatic carbocycles. The van der Waals surface area contributed by atoms with Gasteiger partial charge in [-0.25, -0.2) is 0 Å². The van der Waals surface area contributed by atoms with E-state index in [0.717, 1.165) is 18.6 Å². The average Bonchev–Trinajstić information content (AvgIpc) is 2.26. The lowest BCUT2D eigenvalue weighted by atomic mass is 10.1. The lowest BCUT2D eigenvalue weighted by molar-refractivity contribution is -0.137. The maximum Gasteiger partial charge on any atom is 0.416 e. The first-order chi connectivity index (χ1) is 7.84. The second-order valence-electron chi connectivity index (χ2n) is 4.09. The molecule has 0 heterocycles. The summed E-state index contributed by atoms with van der Waals surface area (Å²) in [4.78, 5) is 0. The topological polar surface area (TPSA) is 12.0 Å². The van der Waals surface area contributed by atoms with Gasteiger partial charge in [0.15, 0.2) is 0 Å². The van der Waals surface area contributed by atoms with Crippen LogP contribution in [0.4, 0.5) is 18.9 Å². The van der Waals surface area contributed by atoms with Crippen molar-refractivity contribution < 1.29 is 13.2 Å². The summed E-state index contributed by atoms with van der Waals surface area (Å²) in [7, 11) is 0. The van der Waals surface area contributed by atoms with Crippen molar-refractivity contribution in [1.29, 1.82) is 0 Å². The van der Waals surface area contributed by atoms with Gasteiger partial charge in [-0.2, -0.15) is 13.2 Å². The van der Waals surface area contributed by atoms with E-state index < -0.39 is 11.7 Å². The molecule has 1 aromatic carbocycles. The second kappa shape index (κ2) is 5.76. The molecule has 0 aliphatic rings. The second-order valence-corrected chi connectivity index (χ2v) is 4.94. The van der Waals surface area contributed by atoms with Gasteiger partial charge < -0.3 is 5.32 Å². The Labute approximate surface area is 108 Å². The van der Waals surface area contributed by atoms with Gasteiger partial charge in [0.25, 0.3) is 0 Å². The molecule has 0 bridgehead atoms. The maximum absolute atomic E-state index is 12.5. The lowest BCUT2D eigenvalue weighted by Gasteiger charge is -2.15. The van der Waals surface area contributed by atoms with E-state index in [2.05, 4.69) is 28.2 Å². The third-order valence-electron chi connectivity index (χ3n) is 2.63. The number of anilines is 1. The van der Waals surface area contributed by atoms with Crippen LogP contribution in [0.5, 0.6) is 0 Å². The molecule has 0 fully saturated rings. The summed E-state index contributed by atoms with van der Waals surface area (Å²) in [5.41, 5.74) is -0.146. The molecule has 1 aromatic rings. The average molecular weight is 310 g/mol. The Morgan fingerprint density at radius 2 is 2.00 bits per heavy atom. The molecule has 0 amide bonds. The van der Waals surface area contributed by atoms with E-state index in [1.165, 1.54) is 6.07 Å². The van der Waals surface area contributed by atoms with Gasteiger partial charge in [0.1, 0.15) is 0 Å². The summed E-state index contributed by atoms with van der Waals surface area (Å²) in [5.74, 6) is 0.427. The summed E-state index contributed by atoms with van der Waals surface area (Å²) in [5, 5.41) is 3.03. The van der Waals surface area contributed by atoms with Gasteiger partial charge in [0.2, 0.25) is 0 Å². The third-order valence-corrected chi connectivity index (χ3v) is 3.32. The number of benzene rings is 1. The van der Waals surface area contributed by atoms with Gasteiger partial charge in [-0.1, -0.05) is 20.3 Å². The van der Waals surface area contributed by atoms with E-state index in [0.29, 0.717) is 22.6 Å². The Kier molecular flexibility index (Phi) is 4.86. The lowest BCUT2D eigenvalue weighted by Crippen LogP contribution is -2.12. The first-order valence-corrected chi connectivity index (χ1v) is 6.24. The Hall–Kier alpha value is -0.710. The molecule has 17 heavy (non-hydrogen) atoms. The zero-order valence-electron chi connectivity index (χ0n) is 9.74. The fourth-order valence-corrected chi connectivity index (χ4v) is 1.65. The normalized spacial score (nSPS) is 13.5. The minimum atomic E-state index is -4.30. The van der Waals surface area contributed by atoms with Gasteiger partial charge in [-0.3, -0.25) is 0 Å². The smallest absolute Gasteiger partial charge is 0.384 e. The summed E-state index contributed by atoms with van der Waals surface area (Å²) >= 11 is 3.24. The van der Waals surface area contributed by atoms with Crippen molar-refractivity contribution in [3.8, 4) is 0 Å². The molecule has 0 aliphatic heterocycles. The fourth-order valence-electron chi connectivity index (χ4n) is 1.27. The predicted molar refractivity (Wildman–Crippen MR) is 67.1 cm³/mol. The molecule has 1 nitrogen and oxygen atoms in total. The molecule has 1 atom stereocenters.